The van der Waals surface area contributed by atoms with E-state index in [-0.39, 0.29) is 24.0 Å². The summed E-state index contributed by atoms with van der Waals surface area (Å²) in [5, 5.41) is 20.8. The van der Waals surface area contributed by atoms with Crippen molar-refractivity contribution in [1.82, 2.24) is 19.6 Å². The van der Waals surface area contributed by atoms with Gasteiger partial charge in [-0.2, -0.15) is 9.50 Å². The third-order valence-electron chi connectivity index (χ3n) is 4.55. The Labute approximate surface area is 160 Å². The summed E-state index contributed by atoms with van der Waals surface area (Å²) in [6.07, 6.45) is 6.21. The molecule has 1 aliphatic carbocycles. The van der Waals surface area contributed by atoms with Crippen molar-refractivity contribution in [3.63, 3.8) is 0 Å². The molecule has 3 heterocycles. The van der Waals surface area contributed by atoms with Crippen LogP contribution in [0.1, 0.15) is 36.0 Å². The number of carbonyl (C=O) groups excluding carboxylic acids is 1. The lowest BCUT2D eigenvalue weighted by Gasteiger charge is -2.27. The van der Waals surface area contributed by atoms with Crippen molar-refractivity contribution in [3.8, 4) is 0 Å². The molecule has 0 spiro atoms. The second-order valence-corrected chi connectivity index (χ2v) is 7.06. The number of nitrogens with one attached hydrogen (secondary N) is 2. The number of hydrogen-bond donors (Lipinski definition) is 3. The molecule has 0 aliphatic heterocycles. The second kappa shape index (κ2) is 7.50. The van der Waals surface area contributed by atoms with Gasteiger partial charge in [0.05, 0.1) is 11.7 Å². The summed E-state index contributed by atoms with van der Waals surface area (Å²) in [5.74, 6) is 0.513. The number of hydrogen-bond acceptors (Lipinski definition) is 6. The van der Waals surface area contributed by atoms with Crippen LogP contribution in [0.5, 0.6) is 0 Å². The number of pyridine rings is 2. The van der Waals surface area contributed by atoms with Crippen LogP contribution in [-0.4, -0.2) is 42.7 Å². The lowest BCUT2D eigenvalue weighted by atomic mass is 9.93. The largest absolute Gasteiger partial charge is 0.393 e. The highest BCUT2D eigenvalue weighted by Gasteiger charge is 2.21. The minimum Gasteiger partial charge on any atom is -0.393 e. The Kier molecular flexibility index (Phi) is 4.91. The van der Waals surface area contributed by atoms with Gasteiger partial charge in [-0.1, -0.05) is 11.6 Å². The van der Waals surface area contributed by atoms with Crippen molar-refractivity contribution in [2.75, 3.05) is 10.6 Å². The van der Waals surface area contributed by atoms with E-state index in [0.29, 0.717) is 28.5 Å². The van der Waals surface area contributed by atoms with E-state index in [1.54, 1.807) is 35.0 Å². The monoisotopic (exact) mass is 386 g/mol. The molecule has 9 heteroatoms. The first-order valence-corrected chi connectivity index (χ1v) is 9.18. The van der Waals surface area contributed by atoms with Gasteiger partial charge in [0.2, 0.25) is 5.95 Å². The molecule has 0 saturated heterocycles. The fraction of sp³-hybridized carbons (Fsp3) is 0.333. The summed E-state index contributed by atoms with van der Waals surface area (Å²) in [7, 11) is 0. The minimum absolute atomic E-state index is 0.132. The highest BCUT2D eigenvalue weighted by atomic mass is 35.5. The zero-order chi connectivity index (χ0) is 18.8. The molecule has 1 saturated carbocycles. The van der Waals surface area contributed by atoms with Gasteiger partial charge in [-0.15, -0.1) is 5.10 Å². The van der Waals surface area contributed by atoms with Gasteiger partial charge in [0.1, 0.15) is 5.82 Å². The van der Waals surface area contributed by atoms with Crippen LogP contribution >= 0.6 is 11.6 Å². The van der Waals surface area contributed by atoms with Crippen LogP contribution in [0.2, 0.25) is 5.02 Å². The molecule has 140 valence electrons. The molecule has 1 aliphatic rings. The van der Waals surface area contributed by atoms with Crippen LogP contribution < -0.4 is 10.6 Å². The highest BCUT2D eigenvalue weighted by Crippen LogP contribution is 2.25. The average Bonchev–Trinajstić information content (AvgIpc) is 3.05. The van der Waals surface area contributed by atoms with Crippen molar-refractivity contribution in [2.24, 2.45) is 0 Å². The first-order valence-electron chi connectivity index (χ1n) is 8.81. The van der Waals surface area contributed by atoms with Crippen LogP contribution in [0.3, 0.4) is 0 Å². The number of anilines is 2. The van der Waals surface area contributed by atoms with Gasteiger partial charge < -0.3 is 10.4 Å². The van der Waals surface area contributed by atoms with Crippen molar-refractivity contribution < 1.29 is 9.90 Å². The number of carbonyl (C=O) groups is 1. The summed E-state index contributed by atoms with van der Waals surface area (Å²) in [6.45, 7) is 0. The van der Waals surface area contributed by atoms with Gasteiger partial charge in [0, 0.05) is 29.5 Å². The number of aliphatic hydroxyl groups is 1. The maximum atomic E-state index is 12.3. The molecule has 0 bridgehead atoms. The Morgan fingerprint density at radius 1 is 1.33 bits per heavy atom. The van der Waals surface area contributed by atoms with Gasteiger partial charge in [-0.05, 0) is 43.9 Å². The Morgan fingerprint density at radius 2 is 2.22 bits per heavy atom. The SMILES string of the molecule is O=C(Nc1nc2cc(Cl)cc(NC3CCCC(O)C3)n2n1)c1cccnc1. The van der Waals surface area contributed by atoms with E-state index in [0.717, 1.165) is 19.3 Å². The third-order valence-corrected chi connectivity index (χ3v) is 4.77. The Balaban J connectivity index is 1.59. The molecule has 3 aromatic rings. The van der Waals surface area contributed by atoms with Crippen LogP contribution in [0.25, 0.3) is 5.65 Å². The second-order valence-electron chi connectivity index (χ2n) is 6.62. The van der Waals surface area contributed by atoms with Gasteiger partial charge >= 0.3 is 0 Å². The minimum atomic E-state index is -0.338. The summed E-state index contributed by atoms with van der Waals surface area (Å²) >= 11 is 6.21. The summed E-state index contributed by atoms with van der Waals surface area (Å²) in [6, 6.07) is 6.92. The van der Waals surface area contributed by atoms with E-state index in [2.05, 4.69) is 25.7 Å². The fourth-order valence-corrected chi connectivity index (χ4v) is 3.48. The van der Waals surface area contributed by atoms with Gasteiger partial charge in [-0.3, -0.25) is 15.1 Å². The fourth-order valence-electron chi connectivity index (χ4n) is 3.28. The van der Waals surface area contributed by atoms with Gasteiger partial charge in [0.25, 0.3) is 5.91 Å². The quantitative estimate of drug-likeness (QED) is 0.636. The molecule has 3 N–H and O–H groups in total. The standard InChI is InChI=1S/C18H19ClN6O2/c19-12-7-15(21-13-4-1-5-14(26)9-13)25-16(8-12)22-18(24-25)23-17(27)11-3-2-6-20-10-11/h2-3,6-8,10,13-14,21,26H,1,4-5,9H2,(H,23,24,27). The van der Waals surface area contributed by atoms with Crippen LogP contribution in [-0.2, 0) is 0 Å². The number of amides is 1. The molecule has 2 atom stereocenters. The molecule has 8 nitrogen and oxygen atoms in total. The average molecular weight is 387 g/mol. The van der Waals surface area contributed by atoms with E-state index >= 15 is 0 Å². The zero-order valence-corrected chi connectivity index (χ0v) is 15.2. The molecular weight excluding hydrogens is 368 g/mol. The van der Waals surface area contributed by atoms with Crippen molar-refractivity contribution in [3.05, 3.63) is 47.2 Å². The van der Waals surface area contributed by atoms with E-state index < -0.39 is 0 Å². The van der Waals surface area contributed by atoms with Gasteiger partial charge in [0.15, 0.2) is 5.65 Å². The Hall–Kier alpha value is -2.71. The normalized spacial score (nSPS) is 19.8. The summed E-state index contributed by atoms with van der Waals surface area (Å²) in [4.78, 5) is 20.6. The van der Waals surface area contributed by atoms with E-state index in [4.69, 9.17) is 11.6 Å². The highest BCUT2D eigenvalue weighted by molar-refractivity contribution is 6.31. The first kappa shape index (κ1) is 17.7. The lowest BCUT2D eigenvalue weighted by Crippen LogP contribution is -2.30. The number of halogens is 1. The molecule has 2 unspecified atom stereocenters. The van der Waals surface area contributed by atoms with E-state index in [9.17, 15) is 9.90 Å². The Bertz CT molecular complexity index is 961. The van der Waals surface area contributed by atoms with Crippen molar-refractivity contribution in [2.45, 2.75) is 37.8 Å². The smallest absolute Gasteiger partial charge is 0.259 e. The maximum Gasteiger partial charge on any atom is 0.259 e. The number of nitrogens with zero attached hydrogens (tertiary/aromatic N) is 4. The maximum absolute atomic E-state index is 12.3. The molecule has 0 radical (unpaired) electrons. The number of aromatic nitrogens is 4. The molecule has 4 rings (SSSR count). The van der Waals surface area contributed by atoms with Crippen molar-refractivity contribution in [1.29, 1.82) is 0 Å². The molecule has 27 heavy (non-hydrogen) atoms. The van der Waals surface area contributed by atoms with E-state index in [1.807, 2.05) is 0 Å². The molecule has 1 amide bonds. The molecule has 3 aromatic heterocycles. The predicted molar refractivity (Wildman–Crippen MR) is 102 cm³/mol. The summed E-state index contributed by atoms with van der Waals surface area (Å²) in [5.41, 5.74) is 0.937. The Morgan fingerprint density at radius 3 is 3.00 bits per heavy atom. The van der Waals surface area contributed by atoms with Crippen molar-refractivity contribution >= 4 is 34.9 Å². The number of aliphatic hydroxyl groups excluding tert-OH is 1. The molecule has 1 fully saturated rings. The third kappa shape index (κ3) is 4.01. The van der Waals surface area contributed by atoms with Gasteiger partial charge in [-0.25, -0.2) is 0 Å². The van der Waals surface area contributed by atoms with Crippen LogP contribution in [0.4, 0.5) is 11.8 Å². The topological polar surface area (TPSA) is 104 Å². The van der Waals surface area contributed by atoms with Crippen LogP contribution in [0, 0.1) is 0 Å². The van der Waals surface area contributed by atoms with E-state index in [1.165, 1.54) is 6.20 Å². The number of rotatable bonds is 4. The molecule has 0 aromatic carbocycles. The zero-order valence-electron chi connectivity index (χ0n) is 14.5. The number of fused-ring (bicyclic) bond motifs is 1. The first-order chi connectivity index (χ1) is 13.1. The lowest BCUT2D eigenvalue weighted by molar-refractivity contribution is 0.102. The van der Waals surface area contributed by atoms with Crippen LogP contribution in [0.15, 0.2) is 36.7 Å². The summed E-state index contributed by atoms with van der Waals surface area (Å²) < 4.78 is 1.60. The molecular formula is C18H19ClN6O2. The predicted octanol–water partition coefficient (Wildman–Crippen LogP) is 2.75.